The fourth-order valence-corrected chi connectivity index (χ4v) is 3.49. The number of hydrogen-bond donors (Lipinski definition) is 2. The molecule has 0 radical (unpaired) electrons. The summed E-state index contributed by atoms with van der Waals surface area (Å²) >= 11 is 0. The van der Waals surface area contributed by atoms with Crippen molar-refractivity contribution in [3.05, 3.63) is 59.3 Å². The monoisotopic (exact) mass is 282 g/mol. The average Bonchev–Trinajstić information content (AvgIpc) is 2.65. The van der Waals surface area contributed by atoms with E-state index in [0.717, 1.165) is 17.7 Å². The predicted octanol–water partition coefficient (Wildman–Crippen LogP) is 1.82. The molecule has 108 valence electrons. The average molecular weight is 282 g/mol. The molecule has 1 atom stereocenters. The van der Waals surface area contributed by atoms with Crippen LogP contribution < -0.4 is 11.1 Å². The highest BCUT2D eigenvalue weighted by Gasteiger charge is 2.49. The first kappa shape index (κ1) is 13.6. The number of carbonyl (C=O) groups excluding carboxylic acids is 2. The zero-order valence-corrected chi connectivity index (χ0v) is 12.1. The molecule has 0 saturated carbocycles. The van der Waals surface area contributed by atoms with Crippen molar-refractivity contribution in [3.63, 3.8) is 0 Å². The molecule has 3 N–H and O–H groups in total. The number of hydrogen-bond acceptors (Lipinski definition) is 3. The smallest absolute Gasteiger partial charge is 0.243 e. The molecule has 1 aliphatic heterocycles. The van der Waals surface area contributed by atoms with E-state index < -0.39 is 11.3 Å². The van der Waals surface area contributed by atoms with Gasteiger partial charge < -0.3 is 11.1 Å². The third-order valence-electron chi connectivity index (χ3n) is 4.15. The second-order valence-electron chi connectivity index (χ2n) is 6.36. The Morgan fingerprint density at radius 2 is 2.05 bits per heavy atom. The van der Waals surface area contributed by atoms with Gasteiger partial charge in [-0.05, 0) is 31.9 Å². The topological polar surface area (TPSA) is 72.2 Å². The predicted molar refractivity (Wildman–Crippen MR) is 80.7 cm³/mol. The molecule has 1 amide bonds. The standard InChI is InChI=1S/C17H18N2O2/c1-16(2)10-17(14(19-16)9-15(18)21)8-7-13(20)11-5-3-4-6-12(11)17/h3-9,19H,10H2,1-2H3,(H2,18,21)/b14-9-. The summed E-state index contributed by atoms with van der Waals surface area (Å²) in [7, 11) is 0. The van der Waals surface area contributed by atoms with Crippen LogP contribution in [0.1, 0.15) is 36.2 Å². The number of nitrogens with one attached hydrogen (secondary N) is 1. The summed E-state index contributed by atoms with van der Waals surface area (Å²) in [5.74, 6) is -0.489. The number of fused-ring (bicyclic) bond motifs is 2. The van der Waals surface area contributed by atoms with Crippen LogP contribution in [0.5, 0.6) is 0 Å². The van der Waals surface area contributed by atoms with Crippen LogP contribution in [0.4, 0.5) is 0 Å². The zero-order valence-electron chi connectivity index (χ0n) is 12.1. The van der Waals surface area contributed by atoms with Gasteiger partial charge in [0, 0.05) is 22.9 Å². The Kier molecular flexibility index (Phi) is 2.80. The lowest BCUT2D eigenvalue weighted by molar-refractivity contribution is -0.113. The number of carbonyl (C=O) groups is 2. The highest BCUT2D eigenvalue weighted by Crippen LogP contribution is 2.48. The lowest BCUT2D eigenvalue weighted by Gasteiger charge is -2.32. The molecule has 21 heavy (non-hydrogen) atoms. The number of amides is 1. The van der Waals surface area contributed by atoms with Crippen LogP contribution in [0.15, 0.2) is 48.2 Å². The van der Waals surface area contributed by atoms with E-state index in [4.69, 9.17) is 5.73 Å². The molecule has 1 fully saturated rings. The number of benzene rings is 1. The van der Waals surface area contributed by atoms with Gasteiger partial charge in [0.15, 0.2) is 5.78 Å². The molecule has 0 aromatic heterocycles. The summed E-state index contributed by atoms with van der Waals surface area (Å²) in [5, 5.41) is 3.38. The summed E-state index contributed by atoms with van der Waals surface area (Å²) in [6, 6.07) is 7.56. The Bertz CT molecular complexity index is 700. The number of allylic oxidation sites excluding steroid dienone is 2. The molecule has 1 aliphatic carbocycles. The molecule has 1 heterocycles. The van der Waals surface area contributed by atoms with Crippen molar-refractivity contribution in [2.24, 2.45) is 5.73 Å². The Labute approximate surface area is 123 Å². The van der Waals surface area contributed by atoms with E-state index in [1.54, 1.807) is 6.08 Å². The molecule has 1 unspecified atom stereocenters. The van der Waals surface area contributed by atoms with E-state index in [1.807, 2.05) is 30.3 Å². The van der Waals surface area contributed by atoms with Crippen LogP contribution in [-0.2, 0) is 10.2 Å². The van der Waals surface area contributed by atoms with E-state index in [2.05, 4.69) is 19.2 Å². The second-order valence-corrected chi connectivity index (χ2v) is 6.36. The van der Waals surface area contributed by atoms with Gasteiger partial charge in [0.1, 0.15) is 0 Å². The first-order valence-electron chi connectivity index (χ1n) is 6.97. The van der Waals surface area contributed by atoms with Gasteiger partial charge in [-0.3, -0.25) is 9.59 Å². The van der Waals surface area contributed by atoms with Gasteiger partial charge in [0.05, 0.1) is 5.41 Å². The highest BCUT2D eigenvalue weighted by atomic mass is 16.1. The van der Waals surface area contributed by atoms with Crippen molar-refractivity contribution in [2.45, 2.75) is 31.2 Å². The molecule has 0 bridgehead atoms. The minimum Gasteiger partial charge on any atom is -0.382 e. The van der Waals surface area contributed by atoms with E-state index in [0.29, 0.717) is 5.56 Å². The van der Waals surface area contributed by atoms with Crippen LogP contribution in [0.25, 0.3) is 0 Å². The Morgan fingerprint density at radius 3 is 2.76 bits per heavy atom. The van der Waals surface area contributed by atoms with Crippen LogP contribution >= 0.6 is 0 Å². The van der Waals surface area contributed by atoms with Gasteiger partial charge in [-0.15, -0.1) is 0 Å². The quantitative estimate of drug-likeness (QED) is 0.772. The lowest BCUT2D eigenvalue weighted by Crippen LogP contribution is -2.31. The molecular weight excluding hydrogens is 264 g/mol. The fraction of sp³-hybridized carbons (Fsp3) is 0.294. The van der Waals surface area contributed by atoms with Gasteiger partial charge in [-0.2, -0.15) is 0 Å². The van der Waals surface area contributed by atoms with Crippen LogP contribution in [0, 0.1) is 0 Å². The molecule has 4 heteroatoms. The fourth-order valence-electron chi connectivity index (χ4n) is 3.49. The highest BCUT2D eigenvalue weighted by molar-refractivity contribution is 6.08. The summed E-state index contributed by atoms with van der Waals surface area (Å²) in [5.41, 5.74) is 7.07. The van der Waals surface area contributed by atoms with Gasteiger partial charge in [-0.1, -0.05) is 30.3 Å². The number of rotatable bonds is 1. The third kappa shape index (κ3) is 2.07. The van der Waals surface area contributed by atoms with E-state index in [-0.39, 0.29) is 11.3 Å². The van der Waals surface area contributed by atoms with Crippen molar-refractivity contribution in [3.8, 4) is 0 Å². The van der Waals surface area contributed by atoms with Crippen molar-refractivity contribution in [1.29, 1.82) is 0 Å². The molecule has 1 spiro atoms. The van der Waals surface area contributed by atoms with E-state index in [9.17, 15) is 9.59 Å². The SMILES string of the molecule is CC1(C)CC2(C=CC(=O)c3ccccc32)/C(=C/C(N)=O)N1. The van der Waals surface area contributed by atoms with Crippen LogP contribution in [-0.4, -0.2) is 17.2 Å². The minimum absolute atomic E-state index is 0.000596. The first-order valence-corrected chi connectivity index (χ1v) is 6.97. The molecule has 3 rings (SSSR count). The van der Waals surface area contributed by atoms with E-state index in [1.165, 1.54) is 6.08 Å². The molecule has 1 saturated heterocycles. The molecule has 1 aromatic rings. The summed E-state index contributed by atoms with van der Waals surface area (Å²) < 4.78 is 0. The molecule has 2 aliphatic rings. The second kappa shape index (κ2) is 4.32. The summed E-state index contributed by atoms with van der Waals surface area (Å²) in [6.45, 7) is 4.15. The number of ketones is 1. The third-order valence-corrected chi connectivity index (χ3v) is 4.15. The summed E-state index contributed by atoms with van der Waals surface area (Å²) in [4.78, 5) is 23.5. The van der Waals surface area contributed by atoms with Crippen molar-refractivity contribution in [1.82, 2.24) is 5.32 Å². The Balaban J connectivity index is 2.26. The molecular formula is C17H18N2O2. The number of primary amides is 1. The first-order chi connectivity index (χ1) is 9.84. The lowest BCUT2D eigenvalue weighted by atomic mass is 9.69. The van der Waals surface area contributed by atoms with Gasteiger partial charge in [-0.25, -0.2) is 0 Å². The largest absolute Gasteiger partial charge is 0.382 e. The maximum absolute atomic E-state index is 12.1. The zero-order chi connectivity index (χ0) is 15.3. The Hall–Kier alpha value is -2.36. The van der Waals surface area contributed by atoms with Gasteiger partial charge in [0.25, 0.3) is 0 Å². The van der Waals surface area contributed by atoms with E-state index >= 15 is 0 Å². The van der Waals surface area contributed by atoms with Crippen molar-refractivity contribution < 1.29 is 9.59 Å². The van der Waals surface area contributed by atoms with Crippen LogP contribution in [0.3, 0.4) is 0 Å². The molecule has 1 aromatic carbocycles. The summed E-state index contributed by atoms with van der Waals surface area (Å²) in [6.07, 6.45) is 5.69. The van der Waals surface area contributed by atoms with Crippen molar-refractivity contribution in [2.75, 3.05) is 0 Å². The normalized spacial score (nSPS) is 27.7. The van der Waals surface area contributed by atoms with Gasteiger partial charge >= 0.3 is 0 Å². The number of nitrogens with two attached hydrogens (primary N) is 1. The molecule has 4 nitrogen and oxygen atoms in total. The minimum atomic E-state index is -0.489. The van der Waals surface area contributed by atoms with Crippen molar-refractivity contribution >= 4 is 11.7 Å². The van der Waals surface area contributed by atoms with Gasteiger partial charge in [0.2, 0.25) is 5.91 Å². The Morgan fingerprint density at radius 1 is 1.33 bits per heavy atom. The maximum atomic E-state index is 12.1. The maximum Gasteiger partial charge on any atom is 0.243 e. The van der Waals surface area contributed by atoms with Crippen LogP contribution in [0.2, 0.25) is 0 Å².